The number of nitrogens with zero attached hydrogens (tertiary/aromatic N) is 3. The van der Waals surface area contributed by atoms with Gasteiger partial charge in [0.25, 0.3) is 0 Å². The lowest BCUT2D eigenvalue weighted by Crippen LogP contribution is -1.87. The van der Waals surface area contributed by atoms with Gasteiger partial charge >= 0.3 is 0 Å². The van der Waals surface area contributed by atoms with E-state index in [4.69, 9.17) is 0 Å². The molecule has 43 heavy (non-hydrogen) atoms. The average molecular weight is 568 g/mol. The first-order valence-electron chi connectivity index (χ1n) is 14.2. The van der Waals surface area contributed by atoms with E-state index in [0.717, 1.165) is 27.8 Å². The van der Waals surface area contributed by atoms with E-state index in [2.05, 4.69) is 112 Å². The van der Waals surface area contributed by atoms with Crippen LogP contribution in [0.15, 0.2) is 152 Å². The van der Waals surface area contributed by atoms with Crippen molar-refractivity contribution < 1.29 is 0 Å². The molecule has 0 saturated carbocycles. The first-order valence-corrected chi connectivity index (χ1v) is 15.0. The van der Waals surface area contributed by atoms with Crippen molar-refractivity contribution in [2.45, 2.75) is 0 Å². The summed E-state index contributed by atoms with van der Waals surface area (Å²) in [5.74, 6) is 0. The van der Waals surface area contributed by atoms with Crippen molar-refractivity contribution in [1.82, 2.24) is 15.0 Å². The molecule has 4 heterocycles. The van der Waals surface area contributed by atoms with Gasteiger partial charge in [-0.25, -0.2) is 0 Å². The summed E-state index contributed by atoms with van der Waals surface area (Å²) in [5.41, 5.74) is 11.6. The van der Waals surface area contributed by atoms with Gasteiger partial charge in [-0.2, -0.15) is 0 Å². The van der Waals surface area contributed by atoms with Gasteiger partial charge in [0, 0.05) is 68.5 Å². The number of fused-ring (bicyclic) bond motifs is 3. The van der Waals surface area contributed by atoms with Gasteiger partial charge < -0.3 is 0 Å². The van der Waals surface area contributed by atoms with Crippen LogP contribution in [0.1, 0.15) is 0 Å². The molecule has 0 amide bonds. The molecule has 0 fully saturated rings. The monoisotopic (exact) mass is 567 g/mol. The zero-order chi connectivity index (χ0) is 28.6. The molecule has 3 nitrogen and oxygen atoms in total. The van der Waals surface area contributed by atoms with Crippen LogP contribution in [0.25, 0.3) is 75.8 Å². The summed E-state index contributed by atoms with van der Waals surface area (Å²) in [5, 5.41) is 2.56. The van der Waals surface area contributed by atoms with Gasteiger partial charge in [-0.3, -0.25) is 15.0 Å². The van der Waals surface area contributed by atoms with Crippen molar-refractivity contribution in [1.29, 1.82) is 0 Å². The topological polar surface area (TPSA) is 38.7 Å². The summed E-state index contributed by atoms with van der Waals surface area (Å²) >= 11 is 1.87. The minimum atomic E-state index is 1.09. The van der Waals surface area contributed by atoms with Gasteiger partial charge in [0.2, 0.25) is 0 Å². The van der Waals surface area contributed by atoms with E-state index in [1.807, 2.05) is 66.7 Å². The fourth-order valence-corrected chi connectivity index (χ4v) is 7.21. The van der Waals surface area contributed by atoms with Gasteiger partial charge in [0.15, 0.2) is 0 Å². The zero-order valence-electron chi connectivity index (χ0n) is 23.2. The maximum atomic E-state index is 4.39. The van der Waals surface area contributed by atoms with E-state index < -0.39 is 0 Å². The van der Waals surface area contributed by atoms with Crippen molar-refractivity contribution in [3.05, 3.63) is 152 Å². The van der Waals surface area contributed by atoms with Crippen molar-refractivity contribution in [3.8, 4) is 55.6 Å². The molecule has 0 radical (unpaired) electrons. The molecule has 0 aliphatic rings. The Hall–Kier alpha value is -5.45. The highest BCUT2D eigenvalue weighted by atomic mass is 32.1. The van der Waals surface area contributed by atoms with Crippen LogP contribution in [0.4, 0.5) is 0 Å². The first-order chi connectivity index (χ1) is 21.3. The van der Waals surface area contributed by atoms with Crippen molar-refractivity contribution in [3.63, 3.8) is 0 Å². The third-order valence-electron chi connectivity index (χ3n) is 7.95. The smallest absolute Gasteiger partial charge is 0.0434 e. The number of thiophene rings is 1. The summed E-state index contributed by atoms with van der Waals surface area (Å²) in [7, 11) is 0. The van der Waals surface area contributed by atoms with Crippen LogP contribution in [-0.4, -0.2) is 15.0 Å². The van der Waals surface area contributed by atoms with E-state index in [9.17, 15) is 0 Å². The Bertz CT molecular complexity index is 2150. The highest BCUT2D eigenvalue weighted by molar-refractivity contribution is 7.26. The predicted octanol–water partition coefficient (Wildman–Crippen LogP) is 10.6. The maximum Gasteiger partial charge on any atom is 0.0434 e. The van der Waals surface area contributed by atoms with Crippen molar-refractivity contribution in [2.24, 2.45) is 0 Å². The van der Waals surface area contributed by atoms with E-state index in [-0.39, 0.29) is 0 Å². The maximum absolute atomic E-state index is 4.39. The third kappa shape index (κ3) is 4.68. The number of hydrogen-bond acceptors (Lipinski definition) is 4. The second-order valence-corrected chi connectivity index (χ2v) is 11.6. The van der Waals surface area contributed by atoms with E-state index >= 15 is 0 Å². The molecule has 0 N–H and O–H groups in total. The minimum Gasteiger partial charge on any atom is -0.264 e. The Kier molecular flexibility index (Phi) is 6.32. The van der Waals surface area contributed by atoms with Crippen LogP contribution in [0, 0.1) is 0 Å². The molecule has 0 saturated heterocycles. The van der Waals surface area contributed by atoms with Crippen molar-refractivity contribution in [2.75, 3.05) is 0 Å². The fourth-order valence-electron chi connectivity index (χ4n) is 5.83. The fraction of sp³-hybridized carbons (Fsp3) is 0. The minimum absolute atomic E-state index is 1.09. The van der Waals surface area contributed by atoms with Gasteiger partial charge in [-0.1, -0.05) is 78.9 Å². The highest BCUT2D eigenvalue weighted by Gasteiger charge is 2.15. The molecular weight excluding hydrogens is 543 g/mol. The van der Waals surface area contributed by atoms with Crippen LogP contribution in [0.2, 0.25) is 0 Å². The number of benzene rings is 4. The number of aromatic nitrogens is 3. The number of rotatable bonds is 5. The van der Waals surface area contributed by atoms with E-state index in [1.54, 1.807) is 0 Å². The lowest BCUT2D eigenvalue weighted by atomic mass is 9.93. The van der Waals surface area contributed by atoms with Gasteiger partial charge in [0.05, 0.1) is 0 Å². The average Bonchev–Trinajstić information content (AvgIpc) is 3.49. The van der Waals surface area contributed by atoms with Crippen LogP contribution < -0.4 is 0 Å². The molecule has 0 aliphatic carbocycles. The lowest BCUT2D eigenvalue weighted by molar-refractivity contribution is 1.32. The quantitative estimate of drug-likeness (QED) is 0.208. The standard InChI is InChI=1S/C39H25N3S/c1-9-34(27-15-13-26(14-16-27)28-6-3-17-40-23-28)38-36(11-1)37-12-2-10-35(39(37)43-38)33-21-31(29-7-4-18-41-24-29)20-32(22-33)30-8-5-19-42-25-30/h1-25H. The summed E-state index contributed by atoms with van der Waals surface area (Å²) in [4.78, 5) is 13.1. The highest BCUT2D eigenvalue weighted by Crippen LogP contribution is 2.45. The lowest BCUT2D eigenvalue weighted by Gasteiger charge is -2.11. The molecule has 0 unspecified atom stereocenters. The molecule has 0 spiro atoms. The van der Waals surface area contributed by atoms with Gasteiger partial charge in [-0.15, -0.1) is 11.3 Å². The molecule has 0 atom stereocenters. The summed E-state index contributed by atoms with van der Waals surface area (Å²) in [6.07, 6.45) is 11.2. The Balaban J connectivity index is 1.29. The van der Waals surface area contributed by atoms with Crippen molar-refractivity contribution >= 4 is 31.5 Å². The van der Waals surface area contributed by atoms with Crippen LogP contribution in [0.5, 0.6) is 0 Å². The van der Waals surface area contributed by atoms with Crippen LogP contribution in [0.3, 0.4) is 0 Å². The van der Waals surface area contributed by atoms with Crippen LogP contribution in [-0.2, 0) is 0 Å². The van der Waals surface area contributed by atoms with E-state index in [0.29, 0.717) is 0 Å². The molecule has 8 rings (SSSR count). The Labute approximate surface area is 253 Å². The predicted molar refractivity (Wildman–Crippen MR) is 180 cm³/mol. The Morgan fingerprint density at radius 2 is 0.791 bits per heavy atom. The molecule has 202 valence electrons. The largest absolute Gasteiger partial charge is 0.264 e. The van der Waals surface area contributed by atoms with Gasteiger partial charge in [0.1, 0.15) is 0 Å². The second-order valence-electron chi connectivity index (χ2n) is 10.6. The molecule has 8 aromatic rings. The van der Waals surface area contributed by atoms with E-state index in [1.165, 1.54) is 48.0 Å². The zero-order valence-corrected chi connectivity index (χ0v) is 24.0. The Morgan fingerprint density at radius 3 is 1.28 bits per heavy atom. The number of pyridine rings is 3. The summed E-state index contributed by atoms with van der Waals surface area (Å²) < 4.78 is 2.59. The molecule has 4 aromatic heterocycles. The van der Waals surface area contributed by atoms with Crippen LogP contribution >= 0.6 is 11.3 Å². The molecule has 0 bridgehead atoms. The normalized spacial score (nSPS) is 11.3. The third-order valence-corrected chi connectivity index (χ3v) is 9.24. The SMILES string of the molecule is c1cncc(-c2ccc(-c3cccc4c3sc3c(-c5cc(-c6cccnc6)cc(-c6cccnc6)c5)cccc34)cc2)c1. The second kappa shape index (κ2) is 10.8. The molecule has 0 aliphatic heterocycles. The first kappa shape index (κ1) is 25.3. The van der Waals surface area contributed by atoms with Gasteiger partial charge in [-0.05, 0) is 80.9 Å². The Morgan fingerprint density at radius 1 is 0.349 bits per heavy atom. The number of hydrogen-bond donors (Lipinski definition) is 0. The summed E-state index contributed by atoms with van der Waals surface area (Å²) in [6.45, 7) is 0. The summed E-state index contributed by atoms with van der Waals surface area (Å²) in [6, 6.07) is 41.2. The molecule has 4 heteroatoms. The molecular formula is C39H25N3S. The molecule has 4 aromatic carbocycles.